The van der Waals surface area contributed by atoms with E-state index in [1.807, 2.05) is 6.07 Å². The molecule has 2 saturated heterocycles. The monoisotopic (exact) mass is 300 g/mol. The molecule has 5 nitrogen and oxygen atoms in total. The number of methoxy groups -OCH3 is 1. The minimum absolute atomic E-state index is 0. The van der Waals surface area contributed by atoms with E-state index in [-0.39, 0.29) is 18.2 Å². The van der Waals surface area contributed by atoms with Crippen molar-refractivity contribution >= 4 is 18.4 Å². The van der Waals surface area contributed by atoms with E-state index < -0.39 is 5.97 Å². The van der Waals surface area contributed by atoms with Gasteiger partial charge in [-0.1, -0.05) is 0 Å². The first-order valence-electron chi connectivity index (χ1n) is 6.86. The van der Waals surface area contributed by atoms with Crippen molar-refractivity contribution in [3.8, 4) is 0 Å². The van der Waals surface area contributed by atoms with Crippen LogP contribution >= 0.6 is 12.4 Å². The quantitative estimate of drug-likeness (QED) is 0.858. The Kier molecular flexibility index (Phi) is 5.07. The maximum absolute atomic E-state index is 11.3. The third kappa shape index (κ3) is 3.16. The summed E-state index contributed by atoms with van der Waals surface area (Å²) in [5.74, 6) is 2.33. The summed E-state index contributed by atoms with van der Waals surface area (Å²) in [5.41, 5.74) is 0. The maximum Gasteiger partial charge on any atom is 0.373 e. The lowest BCUT2D eigenvalue weighted by molar-refractivity contribution is 0.0559. The number of ether oxygens (including phenoxy) is 1. The largest absolute Gasteiger partial charge is 0.463 e. The molecule has 3 heterocycles. The van der Waals surface area contributed by atoms with Crippen LogP contribution < -0.4 is 5.32 Å². The standard InChI is InChI=1S/C14H20N2O3.ClH/c1-18-14(17)13-3-2-12(19-13)9-16-5-4-10-6-15-7-11(10)8-16;/h2-3,10-11,15H,4-9H2,1H3;1H. The summed E-state index contributed by atoms with van der Waals surface area (Å²) in [7, 11) is 1.36. The molecule has 1 N–H and O–H groups in total. The third-order valence-electron chi connectivity index (χ3n) is 4.22. The van der Waals surface area contributed by atoms with Crippen LogP contribution in [0.3, 0.4) is 0 Å². The fourth-order valence-electron chi connectivity index (χ4n) is 3.15. The van der Waals surface area contributed by atoms with Crippen LogP contribution in [0.5, 0.6) is 0 Å². The molecule has 0 radical (unpaired) electrons. The van der Waals surface area contributed by atoms with Gasteiger partial charge in [-0.15, -0.1) is 12.4 Å². The lowest BCUT2D eigenvalue weighted by atomic mass is 9.89. The molecular formula is C14H21ClN2O3. The zero-order chi connectivity index (χ0) is 13.2. The molecule has 3 rings (SSSR count). The van der Waals surface area contributed by atoms with Crippen LogP contribution in [0.1, 0.15) is 22.7 Å². The number of furan rings is 1. The number of carbonyl (C=O) groups is 1. The first-order valence-corrected chi connectivity index (χ1v) is 6.86. The average molecular weight is 301 g/mol. The van der Waals surface area contributed by atoms with Gasteiger partial charge in [0.15, 0.2) is 0 Å². The summed E-state index contributed by atoms with van der Waals surface area (Å²) in [6.45, 7) is 5.31. The molecule has 20 heavy (non-hydrogen) atoms. The van der Waals surface area contributed by atoms with Crippen molar-refractivity contribution in [2.75, 3.05) is 33.3 Å². The van der Waals surface area contributed by atoms with Crippen LogP contribution in [0.25, 0.3) is 0 Å². The van der Waals surface area contributed by atoms with Crippen molar-refractivity contribution < 1.29 is 13.9 Å². The highest BCUT2D eigenvalue weighted by Crippen LogP contribution is 2.27. The molecule has 1 aromatic heterocycles. The molecule has 2 fully saturated rings. The van der Waals surface area contributed by atoms with Crippen molar-refractivity contribution in [3.05, 3.63) is 23.7 Å². The maximum atomic E-state index is 11.3. The van der Waals surface area contributed by atoms with Crippen LogP contribution in [0.15, 0.2) is 16.5 Å². The van der Waals surface area contributed by atoms with E-state index in [1.54, 1.807) is 6.07 Å². The Hall–Kier alpha value is -1.04. The molecule has 0 bridgehead atoms. The smallest absolute Gasteiger partial charge is 0.373 e. The molecular weight excluding hydrogens is 280 g/mol. The summed E-state index contributed by atoms with van der Waals surface area (Å²) in [6.07, 6.45) is 1.25. The Morgan fingerprint density at radius 3 is 3.05 bits per heavy atom. The van der Waals surface area contributed by atoms with Crippen LogP contribution in [0.4, 0.5) is 0 Å². The Labute approximate surface area is 125 Å². The van der Waals surface area contributed by atoms with E-state index in [1.165, 1.54) is 20.1 Å². The molecule has 2 atom stereocenters. The second-order valence-corrected chi connectivity index (χ2v) is 5.46. The number of carbonyl (C=O) groups excluding carboxylic acids is 1. The number of rotatable bonds is 3. The fourth-order valence-corrected chi connectivity index (χ4v) is 3.15. The SMILES string of the molecule is COC(=O)c1ccc(CN2CCC3CNCC3C2)o1.Cl. The summed E-state index contributed by atoms with van der Waals surface area (Å²) in [6, 6.07) is 3.55. The van der Waals surface area contributed by atoms with Gasteiger partial charge >= 0.3 is 5.97 Å². The molecule has 0 aromatic carbocycles. The number of fused-ring (bicyclic) bond motifs is 1. The highest BCUT2D eigenvalue weighted by Gasteiger charge is 2.32. The van der Waals surface area contributed by atoms with Gasteiger partial charge in [-0.25, -0.2) is 4.79 Å². The lowest BCUT2D eigenvalue weighted by Crippen LogP contribution is -2.39. The van der Waals surface area contributed by atoms with Crippen LogP contribution in [-0.2, 0) is 11.3 Å². The number of hydrogen-bond donors (Lipinski definition) is 1. The molecule has 6 heteroatoms. The molecule has 2 aliphatic heterocycles. The zero-order valence-electron chi connectivity index (χ0n) is 11.6. The van der Waals surface area contributed by atoms with Gasteiger partial charge in [0, 0.05) is 6.54 Å². The highest BCUT2D eigenvalue weighted by molar-refractivity contribution is 5.86. The van der Waals surface area contributed by atoms with E-state index in [0.717, 1.165) is 43.8 Å². The van der Waals surface area contributed by atoms with Gasteiger partial charge in [-0.3, -0.25) is 4.90 Å². The van der Waals surface area contributed by atoms with Gasteiger partial charge in [0.2, 0.25) is 5.76 Å². The van der Waals surface area contributed by atoms with Crippen molar-refractivity contribution in [1.82, 2.24) is 10.2 Å². The second kappa shape index (κ2) is 6.61. The number of nitrogens with zero attached hydrogens (tertiary/aromatic N) is 1. The van der Waals surface area contributed by atoms with Gasteiger partial charge in [0.05, 0.1) is 13.7 Å². The predicted molar refractivity (Wildman–Crippen MR) is 77.0 cm³/mol. The van der Waals surface area contributed by atoms with E-state index in [9.17, 15) is 4.79 Å². The first-order chi connectivity index (χ1) is 9.26. The van der Waals surface area contributed by atoms with Crippen molar-refractivity contribution in [2.24, 2.45) is 11.8 Å². The molecule has 0 amide bonds. The molecule has 0 spiro atoms. The van der Waals surface area contributed by atoms with Gasteiger partial charge in [0.1, 0.15) is 5.76 Å². The van der Waals surface area contributed by atoms with Crippen LogP contribution in [0.2, 0.25) is 0 Å². The van der Waals surface area contributed by atoms with Gasteiger partial charge in [-0.05, 0) is 50.0 Å². The number of likely N-dealkylation sites (tertiary alicyclic amines) is 1. The Morgan fingerprint density at radius 2 is 2.25 bits per heavy atom. The molecule has 2 unspecified atom stereocenters. The topological polar surface area (TPSA) is 54.7 Å². The average Bonchev–Trinajstić information content (AvgIpc) is 3.06. The molecule has 112 valence electrons. The molecule has 2 aliphatic rings. The number of esters is 1. The van der Waals surface area contributed by atoms with Gasteiger partial charge < -0.3 is 14.5 Å². The number of piperidine rings is 1. The van der Waals surface area contributed by atoms with E-state index in [2.05, 4.69) is 15.0 Å². The Morgan fingerprint density at radius 1 is 1.45 bits per heavy atom. The Bertz CT molecular complexity index is 463. The summed E-state index contributed by atoms with van der Waals surface area (Å²) < 4.78 is 10.2. The molecule has 1 aromatic rings. The fraction of sp³-hybridized carbons (Fsp3) is 0.643. The van der Waals surface area contributed by atoms with Crippen molar-refractivity contribution in [3.63, 3.8) is 0 Å². The molecule has 0 saturated carbocycles. The number of hydrogen-bond acceptors (Lipinski definition) is 5. The van der Waals surface area contributed by atoms with Gasteiger partial charge in [0.25, 0.3) is 0 Å². The van der Waals surface area contributed by atoms with Crippen LogP contribution in [-0.4, -0.2) is 44.2 Å². The van der Waals surface area contributed by atoms with Crippen LogP contribution in [0, 0.1) is 11.8 Å². The first kappa shape index (κ1) is 15.4. The van der Waals surface area contributed by atoms with E-state index >= 15 is 0 Å². The highest BCUT2D eigenvalue weighted by atomic mass is 35.5. The van der Waals surface area contributed by atoms with E-state index in [4.69, 9.17) is 4.42 Å². The predicted octanol–water partition coefficient (Wildman–Crippen LogP) is 1.53. The van der Waals surface area contributed by atoms with Crippen molar-refractivity contribution in [1.29, 1.82) is 0 Å². The summed E-state index contributed by atoms with van der Waals surface area (Å²) in [4.78, 5) is 13.7. The normalized spacial score (nSPS) is 25.9. The van der Waals surface area contributed by atoms with Crippen molar-refractivity contribution in [2.45, 2.75) is 13.0 Å². The summed E-state index contributed by atoms with van der Waals surface area (Å²) in [5, 5.41) is 3.46. The number of nitrogens with one attached hydrogen (secondary N) is 1. The summed E-state index contributed by atoms with van der Waals surface area (Å²) >= 11 is 0. The van der Waals surface area contributed by atoms with Gasteiger partial charge in [-0.2, -0.15) is 0 Å². The minimum Gasteiger partial charge on any atom is -0.463 e. The van der Waals surface area contributed by atoms with E-state index in [0.29, 0.717) is 0 Å². The number of halogens is 1. The molecule has 0 aliphatic carbocycles. The minimum atomic E-state index is -0.412. The Balaban J connectivity index is 0.00000147. The zero-order valence-corrected chi connectivity index (χ0v) is 12.4. The lowest BCUT2D eigenvalue weighted by Gasteiger charge is -2.33. The third-order valence-corrected chi connectivity index (χ3v) is 4.22. The second-order valence-electron chi connectivity index (χ2n) is 5.46.